The number of imidazole rings is 1. The zero-order valence-electron chi connectivity index (χ0n) is 19.4. The van der Waals surface area contributed by atoms with Crippen molar-refractivity contribution in [1.82, 2.24) is 4.57 Å². The largest absolute Gasteiger partial charge is 1.00 e. The maximum absolute atomic E-state index is 2.45. The summed E-state index contributed by atoms with van der Waals surface area (Å²) in [4.78, 5) is 0. The second-order valence-electron chi connectivity index (χ2n) is 8.73. The third-order valence-corrected chi connectivity index (χ3v) is 6.55. The molecular formula is C30H29ClN2. The highest BCUT2D eigenvalue weighted by Gasteiger charge is 2.27. The number of hydrogen-bond acceptors (Lipinski definition) is 0. The molecule has 0 bridgehead atoms. The average Bonchev–Trinajstić information content (AvgIpc) is 3.14. The SMILES string of the molecule is Cc1cc2c(cc1C)[n+](Cc1ccccc1C)cn2C(c1ccccc1)c1ccccc1.[Cl-]. The van der Waals surface area contributed by atoms with Crippen LogP contribution in [0.2, 0.25) is 0 Å². The van der Waals surface area contributed by atoms with Gasteiger partial charge >= 0.3 is 0 Å². The topological polar surface area (TPSA) is 8.81 Å². The van der Waals surface area contributed by atoms with Gasteiger partial charge in [0.1, 0.15) is 6.54 Å². The van der Waals surface area contributed by atoms with E-state index < -0.39 is 0 Å². The second-order valence-corrected chi connectivity index (χ2v) is 8.73. The second kappa shape index (κ2) is 9.64. The van der Waals surface area contributed by atoms with Gasteiger partial charge < -0.3 is 12.4 Å². The van der Waals surface area contributed by atoms with Crippen LogP contribution in [0, 0.1) is 20.8 Å². The van der Waals surface area contributed by atoms with E-state index in [2.05, 4.69) is 133 Å². The van der Waals surface area contributed by atoms with Crippen molar-refractivity contribution in [3.05, 3.63) is 137 Å². The minimum Gasteiger partial charge on any atom is -1.00 e. The first-order valence-electron chi connectivity index (χ1n) is 11.3. The lowest BCUT2D eigenvalue weighted by molar-refractivity contribution is -0.663. The quantitative estimate of drug-likeness (QED) is 0.361. The van der Waals surface area contributed by atoms with E-state index in [0.29, 0.717) is 0 Å². The van der Waals surface area contributed by atoms with Crippen LogP contribution in [-0.2, 0) is 6.54 Å². The lowest BCUT2D eigenvalue weighted by Gasteiger charge is -2.16. The summed E-state index contributed by atoms with van der Waals surface area (Å²) in [5.74, 6) is 0. The highest BCUT2D eigenvalue weighted by atomic mass is 35.5. The van der Waals surface area contributed by atoms with Crippen LogP contribution in [0.5, 0.6) is 0 Å². The van der Waals surface area contributed by atoms with Crippen molar-refractivity contribution in [2.75, 3.05) is 0 Å². The lowest BCUT2D eigenvalue weighted by atomic mass is 9.98. The standard InChI is InChI=1S/C30H29N2.ClH/c1-22-12-10-11-17-27(22)20-31-21-32(29-19-24(3)23(2)18-28(29)31)30(25-13-6-4-7-14-25)26-15-8-5-9-16-26;/h4-19,21,30H,20H2,1-3H3;1H/q+1;/p-1. The van der Waals surface area contributed by atoms with E-state index in [9.17, 15) is 0 Å². The van der Waals surface area contributed by atoms with E-state index in [1.807, 2.05) is 0 Å². The molecule has 0 aliphatic heterocycles. The van der Waals surface area contributed by atoms with Crippen LogP contribution in [0.1, 0.15) is 39.4 Å². The van der Waals surface area contributed by atoms with Gasteiger partial charge in [0.05, 0.1) is 0 Å². The molecule has 2 nitrogen and oxygen atoms in total. The number of nitrogens with zero attached hydrogens (tertiary/aromatic N) is 2. The van der Waals surface area contributed by atoms with Gasteiger partial charge in [0.2, 0.25) is 6.33 Å². The number of hydrogen-bond donors (Lipinski definition) is 0. The average molecular weight is 453 g/mol. The summed E-state index contributed by atoms with van der Waals surface area (Å²) >= 11 is 0. The normalized spacial score (nSPS) is 11.0. The molecule has 4 aromatic carbocycles. The molecule has 166 valence electrons. The summed E-state index contributed by atoms with van der Waals surface area (Å²) < 4.78 is 4.85. The van der Waals surface area contributed by atoms with Crippen LogP contribution < -0.4 is 17.0 Å². The molecule has 0 aliphatic carbocycles. The van der Waals surface area contributed by atoms with E-state index in [-0.39, 0.29) is 18.4 Å². The zero-order chi connectivity index (χ0) is 22.1. The number of halogens is 1. The van der Waals surface area contributed by atoms with Crippen molar-refractivity contribution in [2.24, 2.45) is 0 Å². The van der Waals surface area contributed by atoms with Gasteiger partial charge in [-0.15, -0.1) is 0 Å². The van der Waals surface area contributed by atoms with Gasteiger partial charge in [0, 0.05) is 11.1 Å². The molecule has 3 heteroatoms. The van der Waals surface area contributed by atoms with Crippen LogP contribution in [0.4, 0.5) is 0 Å². The Hall–Kier alpha value is -3.36. The van der Waals surface area contributed by atoms with Crippen LogP contribution in [0.15, 0.2) is 103 Å². The fourth-order valence-corrected chi connectivity index (χ4v) is 4.58. The third kappa shape index (κ3) is 4.44. The molecule has 0 saturated heterocycles. The number of benzene rings is 4. The van der Waals surface area contributed by atoms with Gasteiger partial charge in [0.25, 0.3) is 0 Å². The summed E-state index contributed by atoms with van der Waals surface area (Å²) in [6, 6.07) is 35.1. The Kier molecular flexibility index (Phi) is 6.67. The molecule has 0 unspecified atom stereocenters. The van der Waals surface area contributed by atoms with Gasteiger partial charge in [-0.25, -0.2) is 9.13 Å². The molecule has 0 saturated carbocycles. The number of aromatic nitrogens is 2. The highest BCUT2D eigenvalue weighted by molar-refractivity contribution is 5.75. The van der Waals surface area contributed by atoms with Crippen molar-refractivity contribution < 1.29 is 17.0 Å². The van der Waals surface area contributed by atoms with E-state index in [0.717, 1.165) is 6.54 Å². The van der Waals surface area contributed by atoms with E-state index in [1.165, 1.54) is 44.4 Å². The molecule has 0 amide bonds. The van der Waals surface area contributed by atoms with Crippen molar-refractivity contribution >= 4 is 11.0 Å². The Balaban J connectivity index is 0.00000259. The Morgan fingerprint density at radius 2 is 1.21 bits per heavy atom. The van der Waals surface area contributed by atoms with Crippen LogP contribution >= 0.6 is 0 Å². The molecule has 1 heterocycles. The zero-order valence-corrected chi connectivity index (χ0v) is 20.1. The van der Waals surface area contributed by atoms with Crippen LogP contribution in [0.25, 0.3) is 11.0 Å². The minimum atomic E-state index is 0. The molecule has 0 radical (unpaired) electrons. The Morgan fingerprint density at radius 3 is 1.82 bits per heavy atom. The van der Waals surface area contributed by atoms with E-state index in [1.54, 1.807) is 0 Å². The fourth-order valence-electron chi connectivity index (χ4n) is 4.58. The smallest absolute Gasteiger partial charge is 0.245 e. The number of fused-ring (bicyclic) bond motifs is 1. The summed E-state index contributed by atoms with van der Waals surface area (Å²) in [5.41, 5.74) is 10.4. The summed E-state index contributed by atoms with van der Waals surface area (Å²) in [6.45, 7) is 7.46. The maximum Gasteiger partial charge on any atom is 0.245 e. The lowest BCUT2D eigenvalue weighted by Crippen LogP contribution is -3.00. The summed E-state index contributed by atoms with van der Waals surface area (Å²) in [5, 5.41) is 0. The molecule has 0 aliphatic rings. The third-order valence-electron chi connectivity index (χ3n) is 6.55. The van der Waals surface area contributed by atoms with Crippen molar-refractivity contribution in [3.8, 4) is 0 Å². The van der Waals surface area contributed by atoms with Gasteiger partial charge in [0.15, 0.2) is 17.1 Å². The fraction of sp³-hybridized carbons (Fsp3) is 0.167. The monoisotopic (exact) mass is 452 g/mol. The van der Waals surface area contributed by atoms with Crippen LogP contribution in [0.3, 0.4) is 0 Å². The molecule has 0 fully saturated rings. The Labute approximate surface area is 202 Å². The van der Waals surface area contributed by atoms with Crippen molar-refractivity contribution in [2.45, 2.75) is 33.4 Å². The molecule has 0 N–H and O–H groups in total. The molecule has 5 aromatic rings. The first-order valence-corrected chi connectivity index (χ1v) is 11.3. The van der Waals surface area contributed by atoms with Gasteiger partial charge in [-0.1, -0.05) is 84.9 Å². The van der Waals surface area contributed by atoms with E-state index >= 15 is 0 Å². The number of aryl methyl sites for hydroxylation is 3. The molecule has 5 rings (SSSR count). The first kappa shape index (κ1) is 22.8. The Bertz CT molecular complexity index is 1330. The molecule has 0 atom stereocenters. The predicted octanol–water partition coefficient (Wildman–Crippen LogP) is 3.54. The molecule has 33 heavy (non-hydrogen) atoms. The minimum absolute atomic E-state index is 0. The van der Waals surface area contributed by atoms with Gasteiger partial charge in [-0.2, -0.15) is 0 Å². The summed E-state index contributed by atoms with van der Waals surface area (Å²) in [7, 11) is 0. The maximum atomic E-state index is 2.45. The number of rotatable bonds is 5. The van der Waals surface area contributed by atoms with Gasteiger partial charge in [-0.05, 0) is 55.2 Å². The highest BCUT2D eigenvalue weighted by Crippen LogP contribution is 2.30. The molecule has 1 aromatic heterocycles. The van der Waals surface area contributed by atoms with Crippen LogP contribution in [-0.4, -0.2) is 4.57 Å². The molecular weight excluding hydrogens is 424 g/mol. The first-order chi connectivity index (χ1) is 15.6. The molecule has 0 spiro atoms. The van der Waals surface area contributed by atoms with Crippen molar-refractivity contribution in [1.29, 1.82) is 0 Å². The van der Waals surface area contributed by atoms with Gasteiger partial charge in [-0.3, -0.25) is 0 Å². The summed E-state index contributed by atoms with van der Waals surface area (Å²) in [6.07, 6.45) is 2.31. The van der Waals surface area contributed by atoms with Crippen molar-refractivity contribution in [3.63, 3.8) is 0 Å². The van der Waals surface area contributed by atoms with E-state index in [4.69, 9.17) is 0 Å². The predicted molar refractivity (Wildman–Crippen MR) is 132 cm³/mol. The Morgan fingerprint density at radius 1 is 0.667 bits per heavy atom.